The number of hydrogen-bond donors (Lipinski definition) is 0. The number of benzene rings is 2. The molecule has 0 spiro atoms. The van der Waals surface area contributed by atoms with Gasteiger partial charge in [0.2, 0.25) is 5.91 Å². The number of hydrazone groups is 1. The predicted molar refractivity (Wildman–Crippen MR) is 101 cm³/mol. The second-order valence-electron chi connectivity index (χ2n) is 6.12. The molecule has 0 unspecified atom stereocenters. The van der Waals surface area contributed by atoms with E-state index in [1.54, 1.807) is 11.9 Å². The summed E-state index contributed by atoms with van der Waals surface area (Å²) in [6.45, 7) is 1.56. The largest absolute Gasteiger partial charge is 0.378 e. The monoisotopic (exact) mass is 385 g/mol. The van der Waals surface area contributed by atoms with Gasteiger partial charge in [0.1, 0.15) is 0 Å². The van der Waals surface area contributed by atoms with Crippen LogP contribution in [0, 0.1) is 0 Å². The number of rotatable bonds is 3. The van der Waals surface area contributed by atoms with Crippen LogP contribution >= 0.6 is 15.9 Å². The van der Waals surface area contributed by atoms with Gasteiger partial charge in [0.15, 0.2) is 0 Å². The van der Waals surface area contributed by atoms with Gasteiger partial charge in [-0.1, -0.05) is 40.2 Å². The lowest BCUT2D eigenvalue weighted by atomic mass is 9.98. The Labute approximate surface area is 150 Å². The lowest BCUT2D eigenvalue weighted by molar-refractivity contribution is -0.130. The van der Waals surface area contributed by atoms with E-state index in [1.165, 1.54) is 0 Å². The third-order valence-electron chi connectivity index (χ3n) is 4.20. The number of nitrogens with zero attached hydrogens (tertiary/aromatic N) is 3. The fourth-order valence-corrected chi connectivity index (χ4v) is 3.14. The van der Waals surface area contributed by atoms with Gasteiger partial charge >= 0.3 is 0 Å². The Kier molecular flexibility index (Phi) is 4.71. The molecule has 0 radical (unpaired) electrons. The number of hydrogen-bond acceptors (Lipinski definition) is 3. The average molecular weight is 386 g/mol. The molecule has 24 heavy (non-hydrogen) atoms. The molecule has 1 aliphatic heterocycles. The van der Waals surface area contributed by atoms with E-state index in [0.717, 1.165) is 33.4 Å². The Morgan fingerprint density at radius 2 is 1.75 bits per heavy atom. The Morgan fingerprint density at radius 3 is 2.29 bits per heavy atom. The van der Waals surface area contributed by atoms with Crippen molar-refractivity contribution in [3.8, 4) is 0 Å². The number of carbonyl (C=O) groups excluding carboxylic acids is 1. The van der Waals surface area contributed by atoms with Crippen LogP contribution in [0.25, 0.3) is 0 Å². The van der Waals surface area contributed by atoms with Crippen LogP contribution in [0.15, 0.2) is 58.1 Å². The van der Waals surface area contributed by atoms with E-state index in [1.807, 2.05) is 38.4 Å². The van der Waals surface area contributed by atoms with Gasteiger partial charge in [-0.3, -0.25) is 4.79 Å². The molecule has 5 heteroatoms. The summed E-state index contributed by atoms with van der Waals surface area (Å²) in [4.78, 5) is 14.1. The second-order valence-corrected chi connectivity index (χ2v) is 7.04. The zero-order valence-electron chi connectivity index (χ0n) is 14.0. The van der Waals surface area contributed by atoms with E-state index in [9.17, 15) is 4.79 Å². The van der Waals surface area contributed by atoms with E-state index >= 15 is 0 Å². The van der Waals surface area contributed by atoms with Crippen LogP contribution in [-0.2, 0) is 4.79 Å². The summed E-state index contributed by atoms with van der Waals surface area (Å²) in [6.07, 6.45) is 0.725. The minimum atomic E-state index is -0.0441. The molecule has 0 aromatic heterocycles. The van der Waals surface area contributed by atoms with Gasteiger partial charge < -0.3 is 4.90 Å². The third kappa shape index (κ3) is 3.36. The topological polar surface area (TPSA) is 35.9 Å². The van der Waals surface area contributed by atoms with E-state index in [0.29, 0.717) is 0 Å². The van der Waals surface area contributed by atoms with Crippen molar-refractivity contribution >= 4 is 33.2 Å². The highest BCUT2D eigenvalue weighted by molar-refractivity contribution is 9.10. The molecule has 124 valence electrons. The van der Waals surface area contributed by atoms with Crippen LogP contribution in [0.4, 0.5) is 5.69 Å². The molecule has 0 N–H and O–H groups in total. The molecular formula is C19H20BrN3O. The molecule has 0 fully saturated rings. The first-order valence-electron chi connectivity index (χ1n) is 7.86. The minimum Gasteiger partial charge on any atom is -0.378 e. The van der Waals surface area contributed by atoms with Crippen LogP contribution in [0.3, 0.4) is 0 Å². The van der Waals surface area contributed by atoms with Crippen molar-refractivity contribution in [2.75, 3.05) is 19.0 Å². The number of amides is 1. The molecule has 0 aliphatic carbocycles. The molecular weight excluding hydrogens is 366 g/mol. The van der Waals surface area contributed by atoms with Crippen LogP contribution in [-0.4, -0.2) is 30.7 Å². The summed E-state index contributed by atoms with van der Waals surface area (Å²) in [5, 5.41) is 6.18. The maximum Gasteiger partial charge on any atom is 0.240 e. The van der Waals surface area contributed by atoms with Gasteiger partial charge in [0.25, 0.3) is 0 Å². The fraction of sp³-hybridized carbons (Fsp3) is 0.263. The molecule has 1 amide bonds. The zero-order chi connectivity index (χ0) is 17.3. The van der Waals surface area contributed by atoms with E-state index in [-0.39, 0.29) is 11.9 Å². The Hall–Kier alpha value is -2.14. The molecule has 0 saturated heterocycles. The van der Waals surface area contributed by atoms with Crippen molar-refractivity contribution in [1.29, 1.82) is 0 Å². The minimum absolute atomic E-state index is 0.0382. The van der Waals surface area contributed by atoms with Gasteiger partial charge in [-0.2, -0.15) is 5.10 Å². The predicted octanol–water partition coefficient (Wildman–Crippen LogP) is 4.21. The maximum absolute atomic E-state index is 12.0. The molecule has 3 rings (SSSR count). The molecule has 2 aromatic rings. The average Bonchev–Trinajstić information content (AvgIpc) is 3.01. The highest BCUT2D eigenvalue weighted by Crippen LogP contribution is 2.33. The summed E-state index contributed by atoms with van der Waals surface area (Å²) in [7, 11) is 4.03. The van der Waals surface area contributed by atoms with Gasteiger partial charge in [-0.25, -0.2) is 5.01 Å². The highest BCUT2D eigenvalue weighted by atomic mass is 79.9. The molecule has 4 nitrogen and oxygen atoms in total. The standard InChI is InChI=1S/C19H20BrN3O/c1-13(24)23-19(15-6-10-17(11-7-15)22(2)3)12-18(21-23)14-4-8-16(20)9-5-14/h4-11,19H,12H2,1-3H3/t19-/m0/s1. The van der Waals surface area contributed by atoms with Crippen molar-refractivity contribution in [1.82, 2.24) is 5.01 Å². The first-order valence-corrected chi connectivity index (χ1v) is 8.65. The summed E-state index contributed by atoms with van der Waals surface area (Å²) in [5.74, 6) is -0.0382. The molecule has 0 saturated carbocycles. The van der Waals surface area contributed by atoms with Crippen molar-refractivity contribution in [3.63, 3.8) is 0 Å². The van der Waals surface area contributed by atoms with Gasteiger partial charge in [0.05, 0.1) is 11.8 Å². The smallest absolute Gasteiger partial charge is 0.240 e. The Morgan fingerprint density at radius 1 is 1.12 bits per heavy atom. The van der Waals surface area contributed by atoms with E-state index < -0.39 is 0 Å². The van der Waals surface area contributed by atoms with Gasteiger partial charge in [0, 0.05) is 37.6 Å². The SMILES string of the molecule is CC(=O)N1N=C(c2ccc(Br)cc2)C[C@H]1c1ccc(N(C)C)cc1. The fourth-order valence-electron chi connectivity index (χ4n) is 2.87. The van der Waals surface area contributed by atoms with Crippen LogP contribution in [0.2, 0.25) is 0 Å². The van der Waals surface area contributed by atoms with Crippen molar-refractivity contribution < 1.29 is 4.79 Å². The highest BCUT2D eigenvalue weighted by Gasteiger charge is 2.31. The number of halogens is 1. The zero-order valence-corrected chi connectivity index (χ0v) is 15.6. The molecule has 2 aromatic carbocycles. The first kappa shape index (κ1) is 16.7. The van der Waals surface area contributed by atoms with Crippen molar-refractivity contribution in [3.05, 3.63) is 64.1 Å². The third-order valence-corrected chi connectivity index (χ3v) is 4.73. The van der Waals surface area contributed by atoms with Gasteiger partial charge in [-0.15, -0.1) is 0 Å². The van der Waals surface area contributed by atoms with Gasteiger partial charge in [-0.05, 0) is 35.4 Å². The maximum atomic E-state index is 12.0. The lowest BCUT2D eigenvalue weighted by Crippen LogP contribution is -2.24. The van der Waals surface area contributed by atoms with Crippen LogP contribution in [0.5, 0.6) is 0 Å². The van der Waals surface area contributed by atoms with Crippen molar-refractivity contribution in [2.24, 2.45) is 5.10 Å². The van der Waals surface area contributed by atoms with E-state index in [4.69, 9.17) is 0 Å². The summed E-state index contributed by atoms with van der Waals surface area (Å²) in [6, 6.07) is 16.3. The lowest BCUT2D eigenvalue weighted by Gasteiger charge is -2.21. The summed E-state index contributed by atoms with van der Waals surface area (Å²) >= 11 is 3.45. The van der Waals surface area contributed by atoms with Crippen molar-refractivity contribution in [2.45, 2.75) is 19.4 Å². The summed E-state index contributed by atoms with van der Waals surface area (Å²) in [5.41, 5.74) is 4.24. The molecule has 1 aliphatic rings. The molecule has 0 bridgehead atoms. The van der Waals surface area contributed by atoms with Crippen LogP contribution in [0.1, 0.15) is 30.5 Å². The number of carbonyl (C=O) groups is 1. The molecule has 1 atom stereocenters. The summed E-state index contributed by atoms with van der Waals surface area (Å²) < 4.78 is 1.03. The Balaban J connectivity index is 1.89. The number of anilines is 1. The second kappa shape index (κ2) is 6.77. The molecule has 1 heterocycles. The van der Waals surface area contributed by atoms with E-state index in [2.05, 4.69) is 50.2 Å². The normalized spacial score (nSPS) is 16.9. The Bertz CT molecular complexity index is 766. The first-order chi connectivity index (χ1) is 11.5. The van der Waals surface area contributed by atoms with Crippen LogP contribution < -0.4 is 4.90 Å². The quantitative estimate of drug-likeness (QED) is 0.792.